The van der Waals surface area contributed by atoms with Gasteiger partial charge in [0.2, 0.25) is 5.91 Å². The second-order valence-electron chi connectivity index (χ2n) is 7.22. The Hall–Kier alpha value is -1.52. The first-order valence-electron chi connectivity index (χ1n) is 8.74. The molecule has 0 bridgehead atoms. The molecule has 4 nitrogen and oxygen atoms in total. The van der Waals surface area contributed by atoms with Gasteiger partial charge in [0.25, 0.3) is 0 Å². The first kappa shape index (κ1) is 17.3. The van der Waals surface area contributed by atoms with E-state index in [4.69, 9.17) is 0 Å². The van der Waals surface area contributed by atoms with Crippen LogP contribution in [0.3, 0.4) is 0 Å². The van der Waals surface area contributed by atoms with Crippen LogP contribution in [0.4, 0.5) is 0 Å². The number of carbonyl (C=O) groups is 1. The van der Waals surface area contributed by atoms with Crippen molar-refractivity contribution in [3.8, 4) is 0 Å². The average molecular weight is 348 g/mol. The number of fused-ring (bicyclic) bond motifs is 1. The van der Waals surface area contributed by atoms with E-state index < -0.39 is 0 Å². The van der Waals surface area contributed by atoms with Crippen LogP contribution in [0.1, 0.15) is 30.4 Å². The van der Waals surface area contributed by atoms with Crippen molar-refractivity contribution in [1.29, 1.82) is 0 Å². The summed E-state index contributed by atoms with van der Waals surface area (Å²) in [5.41, 5.74) is 4.09. The SMILES string of the molecule is Cc1cccc2c(CCNC(=O)C3CC34CCNCC4)c[nH]c12.Cl. The molecule has 1 atom stereocenters. The highest BCUT2D eigenvalue weighted by molar-refractivity contribution is 5.86. The molecule has 5 heteroatoms. The number of halogens is 1. The van der Waals surface area contributed by atoms with Gasteiger partial charge in [0.15, 0.2) is 0 Å². The number of carbonyl (C=O) groups excluding carboxylic acids is 1. The van der Waals surface area contributed by atoms with E-state index in [2.05, 4.69) is 46.9 Å². The van der Waals surface area contributed by atoms with Crippen LogP contribution < -0.4 is 10.6 Å². The number of aryl methyl sites for hydroxylation is 1. The van der Waals surface area contributed by atoms with Gasteiger partial charge >= 0.3 is 0 Å². The molecule has 1 amide bonds. The topological polar surface area (TPSA) is 56.9 Å². The van der Waals surface area contributed by atoms with Gasteiger partial charge in [-0.05, 0) is 62.2 Å². The first-order valence-corrected chi connectivity index (χ1v) is 8.74. The quantitative estimate of drug-likeness (QED) is 0.796. The van der Waals surface area contributed by atoms with Gasteiger partial charge < -0.3 is 15.6 Å². The Morgan fingerprint density at radius 2 is 2.12 bits per heavy atom. The molecular formula is C19H26ClN3O. The van der Waals surface area contributed by atoms with Crippen LogP contribution in [0.2, 0.25) is 0 Å². The van der Waals surface area contributed by atoms with Gasteiger partial charge in [-0.15, -0.1) is 12.4 Å². The van der Waals surface area contributed by atoms with E-state index in [1.165, 1.54) is 22.0 Å². The Kier molecular flexibility index (Phi) is 4.88. The molecule has 1 aromatic heterocycles. The van der Waals surface area contributed by atoms with Gasteiger partial charge in [-0.25, -0.2) is 0 Å². The van der Waals surface area contributed by atoms with Crippen molar-refractivity contribution in [3.63, 3.8) is 0 Å². The van der Waals surface area contributed by atoms with Crippen molar-refractivity contribution in [2.45, 2.75) is 32.6 Å². The van der Waals surface area contributed by atoms with E-state index in [0.717, 1.165) is 45.3 Å². The minimum atomic E-state index is 0. The Morgan fingerprint density at radius 1 is 1.33 bits per heavy atom. The number of hydrogen-bond donors (Lipinski definition) is 3. The van der Waals surface area contributed by atoms with E-state index in [1.54, 1.807) is 0 Å². The lowest BCUT2D eigenvalue weighted by Gasteiger charge is -2.23. The van der Waals surface area contributed by atoms with Gasteiger partial charge in [-0.3, -0.25) is 4.79 Å². The summed E-state index contributed by atoms with van der Waals surface area (Å²) in [4.78, 5) is 15.7. The molecule has 0 radical (unpaired) electrons. The molecule has 24 heavy (non-hydrogen) atoms. The third-order valence-electron chi connectivity index (χ3n) is 5.81. The largest absolute Gasteiger partial charge is 0.361 e. The van der Waals surface area contributed by atoms with Crippen LogP contribution in [0, 0.1) is 18.3 Å². The van der Waals surface area contributed by atoms with Crippen LogP contribution in [0.15, 0.2) is 24.4 Å². The maximum atomic E-state index is 12.4. The van der Waals surface area contributed by atoms with Crippen molar-refractivity contribution in [2.75, 3.05) is 19.6 Å². The Bertz CT molecular complexity index is 733. The molecule has 2 aromatic rings. The smallest absolute Gasteiger partial charge is 0.223 e. The lowest BCUT2D eigenvalue weighted by Crippen LogP contribution is -2.34. The van der Waals surface area contributed by atoms with Crippen molar-refractivity contribution in [1.82, 2.24) is 15.6 Å². The molecule has 1 aliphatic heterocycles. The van der Waals surface area contributed by atoms with E-state index in [9.17, 15) is 4.79 Å². The highest BCUT2D eigenvalue weighted by Gasteiger charge is 2.57. The molecule has 130 valence electrons. The average Bonchev–Trinajstić information content (AvgIpc) is 3.08. The molecule has 1 aromatic carbocycles. The third-order valence-corrected chi connectivity index (χ3v) is 5.81. The summed E-state index contributed by atoms with van der Waals surface area (Å²) in [6, 6.07) is 6.37. The molecular weight excluding hydrogens is 322 g/mol. The second kappa shape index (κ2) is 6.77. The number of H-pyrrole nitrogens is 1. The number of rotatable bonds is 4. The van der Waals surface area contributed by atoms with E-state index in [1.807, 2.05) is 0 Å². The minimum Gasteiger partial charge on any atom is -0.361 e. The standard InChI is InChI=1S/C19H25N3O.ClH/c1-13-3-2-4-15-14(12-22-17(13)15)5-8-21-18(23)16-11-19(16)6-9-20-10-7-19;/h2-4,12,16,20,22H,5-11H2,1H3,(H,21,23);1H. The number of amides is 1. The molecule has 1 spiro atoms. The summed E-state index contributed by atoms with van der Waals surface area (Å²) in [7, 11) is 0. The maximum Gasteiger partial charge on any atom is 0.223 e. The summed E-state index contributed by atoms with van der Waals surface area (Å²) in [5.74, 6) is 0.526. The Labute approximate surface area is 149 Å². The number of para-hydroxylation sites is 1. The number of benzene rings is 1. The zero-order chi connectivity index (χ0) is 15.9. The highest BCUT2D eigenvalue weighted by Crippen LogP contribution is 2.58. The summed E-state index contributed by atoms with van der Waals surface area (Å²) in [5, 5.41) is 7.83. The van der Waals surface area contributed by atoms with Gasteiger partial charge in [-0.1, -0.05) is 18.2 Å². The van der Waals surface area contributed by atoms with Gasteiger partial charge in [0, 0.05) is 29.6 Å². The molecule has 2 aliphatic rings. The molecule has 1 aliphatic carbocycles. The van der Waals surface area contributed by atoms with Crippen molar-refractivity contribution >= 4 is 29.2 Å². The molecule has 3 N–H and O–H groups in total. The third kappa shape index (κ3) is 3.05. The van der Waals surface area contributed by atoms with E-state index in [-0.39, 0.29) is 24.2 Å². The second-order valence-corrected chi connectivity index (χ2v) is 7.22. The van der Waals surface area contributed by atoms with Crippen molar-refractivity contribution in [2.24, 2.45) is 11.3 Å². The van der Waals surface area contributed by atoms with Crippen LogP contribution in [0.25, 0.3) is 10.9 Å². The first-order chi connectivity index (χ1) is 11.2. The number of piperidine rings is 1. The Balaban J connectivity index is 0.00000169. The van der Waals surface area contributed by atoms with Crippen LogP contribution in [-0.2, 0) is 11.2 Å². The van der Waals surface area contributed by atoms with Crippen LogP contribution in [-0.4, -0.2) is 30.5 Å². The number of nitrogens with one attached hydrogen (secondary N) is 3. The van der Waals surface area contributed by atoms with Crippen molar-refractivity contribution < 1.29 is 4.79 Å². The number of aromatic amines is 1. The predicted molar refractivity (Wildman–Crippen MR) is 99.6 cm³/mol. The fraction of sp³-hybridized carbons (Fsp3) is 0.526. The van der Waals surface area contributed by atoms with Crippen LogP contribution >= 0.6 is 12.4 Å². The maximum absolute atomic E-state index is 12.4. The van der Waals surface area contributed by atoms with E-state index >= 15 is 0 Å². The van der Waals surface area contributed by atoms with E-state index in [0.29, 0.717) is 5.41 Å². The summed E-state index contributed by atoms with van der Waals surface area (Å²) in [6.07, 6.45) is 6.37. The van der Waals surface area contributed by atoms with Crippen LogP contribution in [0.5, 0.6) is 0 Å². The fourth-order valence-electron chi connectivity index (χ4n) is 4.21. The van der Waals surface area contributed by atoms with Gasteiger partial charge in [0.1, 0.15) is 0 Å². The zero-order valence-corrected chi connectivity index (χ0v) is 15.0. The van der Waals surface area contributed by atoms with Gasteiger partial charge in [0.05, 0.1) is 0 Å². The predicted octanol–water partition coefficient (Wildman–Crippen LogP) is 2.95. The monoisotopic (exact) mass is 347 g/mol. The lowest BCUT2D eigenvalue weighted by molar-refractivity contribution is -0.123. The fourth-order valence-corrected chi connectivity index (χ4v) is 4.21. The molecule has 2 fully saturated rings. The Morgan fingerprint density at radius 3 is 2.92 bits per heavy atom. The lowest BCUT2D eigenvalue weighted by atomic mass is 9.92. The van der Waals surface area contributed by atoms with Gasteiger partial charge in [-0.2, -0.15) is 0 Å². The zero-order valence-electron chi connectivity index (χ0n) is 14.2. The molecule has 1 unspecified atom stereocenters. The normalized spacial score (nSPS) is 21.5. The molecule has 4 rings (SSSR count). The van der Waals surface area contributed by atoms with Crippen molar-refractivity contribution in [3.05, 3.63) is 35.5 Å². The molecule has 1 saturated heterocycles. The molecule has 1 saturated carbocycles. The number of hydrogen-bond acceptors (Lipinski definition) is 2. The highest BCUT2D eigenvalue weighted by atomic mass is 35.5. The minimum absolute atomic E-state index is 0. The summed E-state index contributed by atoms with van der Waals surface area (Å²) in [6.45, 7) is 4.98. The molecule has 2 heterocycles. The summed E-state index contributed by atoms with van der Waals surface area (Å²) >= 11 is 0. The summed E-state index contributed by atoms with van der Waals surface area (Å²) < 4.78 is 0. The number of aromatic nitrogens is 1.